The molecule has 0 aliphatic heterocycles. The lowest BCUT2D eigenvalue weighted by atomic mass is 9.92. The fourth-order valence-electron chi connectivity index (χ4n) is 1.55. The maximum absolute atomic E-state index is 11.9. The zero-order valence-electron chi connectivity index (χ0n) is 8.48. The van der Waals surface area contributed by atoms with Crippen molar-refractivity contribution in [2.75, 3.05) is 7.05 Å². The van der Waals surface area contributed by atoms with E-state index in [9.17, 15) is 4.79 Å². The first-order valence-corrected chi connectivity index (χ1v) is 5.32. The van der Waals surface area contributed by atoms with Gasteiger partial charge in [0.15, 0.2) is 10.8 Å². The van der Waals surface area contributed by atoms with E-state index in [0.717, 1.165) is 12.8 Å². The average molecular weight is 226 g/mol. The first kappa shape index (κ1) is 10.4. The summed E-state index contributed by atoms with van der Waals surface area (Å²) in [6, 6.07) is 3.55. The van der Waals surface area contributed by atoms with Crippen molar-refractivity contribution in [3.63, 3.8) is 0 Å². The molecule has 1 fully saturated rings. The third-order valence-corrected chi connectivity index (χ3v) is 3.00. The molecule has 15 heavy (non-hydrogen) atoms. The van der Waals surface area contributed by atoms with Gasteiger partial charge in [0.25, 0.3) is 5.91 Å². The Labute approximate surface area is 93.2 Å². The van der Waals surface area contributed by atoms with Gasteiger partial charge >= 0.3 is 0 Å². The van der Waals surface area contributed by atoms with Crippen LogP contribution in [0.4, 0.5) is 0 Å². The SMILES string of the molecule is CN(C(=O)c1ccc(Cl)nn1)C1CCC1. The van der Waals surface area contributed by atoms with Crippen molar-refractivity contribution in [1.82, 2.24) is 15.1 Å². The fraction of sp³-hybridized carbons (Fsp3) is 0.500. The second-order valence-electron chi connectivity index (χ2n) is 3.74. The number of rotatable bonds is 2. The molecule has 0 aromatic carbocycles. The quantitative estimate of drug-likeness (QED) is 0.771. The van der Waals surface area contributed by atoms with Crippen LogP contribution in [-0.4, -0.2) is 34.1 Å². The number of hydrogen-bond donors (Lipinski definition) is 0. The molecule has 0 bridgehead atoms. The summed E-state index contributed by atoms with van der Waals surface area (Å²) in [7, 11) is 1.81. The van der Waals surface area contributed by atoms with Gasteiger partial charge in [-0.15, -0.1) is 10.2 Å². The molecule has 80 valence electrons. The molecule has 0 unspecified atom stereocenters. The number of halogens is 1. The lowest BCUT2D eigenvalue weighted by Crippen LogP contribution is -2.41. The molecular weight excluding hydrogens is 214 g/mol. The van der Waals surface area contributed by atoms with E-state index in [1.165, 1.54) is 6.42 Å². The highest BCUT2D eigenvalue weighted by atomic mass is 35.5. The average Bonchev–Trinajstić information content (AvgIpc) is 2.15. The minimum Gasteiger partial charge on any atom is -0.337 e. The fourth-order valence-corrected chi connectivity index (χ4v) is 1.65. The number of nitrogens with zero attached hydrogens (tertiary/aromatic N) is 3. The van der Waals surface area contributed by atoms with Crippen LogP contribution >= 0.6 is 11.6 Å². The maximum Gasteiger partial charge on any atom is 0.274 e. The Morgan fingerprint density at radius 3 is 2.67 bits per heavy atom. The summed E-state index contributed by atoms with van der Waals surface area (Å²) in [5, 5.41) is 7.72. The molecule has 0 radical (unpaired) electrons. The molecule has 1 aliphatic rings. The van der Waals surface area contributed by atoms with Gasteiger partial charge in [-0.25, -0.2) is 0 Å². The maximum atomic E-state index is 11.9. The minimum absolute atomic E-state index is 0.0798. The van der Waals surface area contributed by atoms with E-state index >= 15 is 0 Å². The Bertz CT molecular complexity index is 361. The van der Waals surface area contributed by atoms with Gasteiger partial charge in [0.1, 0.15) is 0 Å². The zero-order chi connectivity index (χ0) is 10.8. The van der Waals surface area contributed by atoms with E-state index in [0.29, 0.717) is 16.9 Å². The molecule has 0 N–H and O–H groups in total. The summed E-state index contributed by atoms with van der Waals surface area (Å²) in [6.07, 6.45) is 3.38. The third kappa shape index (κ3) is 2.09. The Morgan fingerprint density at radius 2 is 2.20 bits per heavy atom. The molecular formula is C10H12ClN3O. The van der Waals surface area contributed by atoms with Gasteiger partial charge in [0, 0.05) is 13.1 Å². The largest absolute Gasteiger partial charge is 0.337 e. The summed E-state index contributed by atoms with van der Waals surface area (Å²) >= 11 is 5.60. The Balaban J connectivity index is 2.09. The molecule has 5 heteroatoms. The predicted octanol–water partition coefficient (Wildman–Crippen LogP) is 1.75. The van der Waals surface area contributed by atoms with E-state index in [-0.39, 0.29) is 5.91 Å². The van der Waals surface area contributed by atoms with Crippen molar-refractivity contribution in [2.24, 2.45) is 0 Å². The number of aromatic nitrogens is 2. The van der Waals surface area contributed by atoms with Gasteiger partial charge in [-0.3, -0.25) is 4.79 Å². The standard InChI is InChI=1S/C10H12ClN3O/c1-14(7-3-2-4-7)10(15)8-5-6-9(11)13-12-8/h5-7H,2-4H2,1H3. The molecule has 1 saturated carbocycles. The van der Waals surface area contributed by atoms with Gasteiger partial charge in [-0.1, -0.05) is 11.6 Å². The van der Waals surface area contributed by atoms with Crippen LogP contribution in [0.15, 0.2) is 12.1 Å². The molecule has 0 atom stereocenters. The van der Waals surface area contributed by atoms with Gasteiger partial charge in [0.2, 0.25) is 0 Å². The van der Waals surface area contributed by atoms with Gasteiger partial charge < -0.3 is 4.90 Å². The monoisotopic (exact) mass is 225 g/mol. The lowest BCUT2D eigenvalue weighted by molar-refractivity contribution is 0.0645. The molecule has 2 rings (SSSR count). The topological polar surface area (TPSA) is 46.1 Å². The van der Waals surface area contributed by atoms with Crippen molar-refractivity contribution < 1.29 is 4.79 Å². The first-order valence-electron chi connectivity index (χ1n) is 4.95. The molecule has 1 aliphatic carbocycles. The van der Waals surface area contributed by atoms with E-state index in [2.05, 4.69) is 10.2 Å². The highest BCUT2D eigenvalue weighted by Crippen LogP contribution is 2.24. The second kappa shape index (κ2) is 4.14. The summed E-state index contributed by atoms with van der Waals surface area (Å²) in [4.78, 5) is 13.6. The van der Waals surface area contributed by atoms with E-state index in [4.69, 9.17) is 11.6 Å². The summed E-state index contributed by atoms with van der Waals surface area (Å²) in [6.45, 7) is 0. The van der Waals surface area contributed by atoms with Crippen LogP contribution in [0.1, 0.15) is 29.8 Å². The summed E-state index contributed by atoms with van der Waals surface area (Å²) in [5.41, 5.74) is 0.355. The molecule has 1 amide bonds. The summed E-state index contributed by atoms with van der Waals surface area (Å²) < 4.78 is 0. The number of hydrogen-bond acceptors (Lipinski definition) is 3. The van der Waals surface area contributed by atoms with Crippen molar-refractivity contribution in [1.29, 1.82) is 0 Å². The number of carbonyl (C=O) groups excluding carboxylic acids is 1. The molecule has 0 saturated heterocycles. The van der Waals surface area contributed by atoms with Crippen molar-refractivity contribution in [2.45, 2.75) is 25.3 Å². The van der Waals surface area contributed by atoms with Crippen LogP contribution in [-0.2, 0) is 0 Å². The normalized spacial score (nSPS) is 15.9. The predicted molar refractivity (Wildman–Crippen MR) is 56.8 cm³/mol. The van der Waals surface area contributed by atoms with E-state index in [1.54, 1.807) is 17.0 Å². The van der Waals surface area contributed by atoms with E-state index < -0.39 is 0 Å². The molecule has 4 nitrogen and oxygen atoms in total. The van der Waals surface area contributed by atoms with Crippen molar-refractivity contribution >= 4 is 17.5 Å². The van der Waals surface area contributed by atoms with Crippen LogP contribution < -0.4 is 0 Å². The van der Waals surface area contributed by atoms with Crippen LogP contribution in [0.2, 0.25) is 5.15 Å². The number of carbonyl (C=O) groups is 1. The van der Waals surface area contributed by atoms with Crippen LogP contribution in [0.5, 0.6) is 0 Å². The lowest BCUT2D eigenvalue weighted by Gasteiger charge is -2.34. The van der Waals surface area contributed by atoms with E-state index in [1.807, 2.05) is 7.05 Å². The van der Waals surface area contributed by atoms with Crippen LogP contribution in [0.25, 0.3) is 0 Å². The Morgan fingerprint density at radius 1 is 1.47 bits per heavy atom. The molecule has 1 aromatic rings. The highest BCUT2D eigenvalue weighted by Gasteiger charge is 2.26. The molecule has 1 aromatic heterocycles. The highest BCUT2D eigenvalue weighted by molar-refractivity contribution is 6.29. The smallest absolute Gasteiger partial charge is 0.274 e. The number of amides is 1. The van der Waals surface area contributed by atoms with Crippen molar-refractivity contribution in [3.05, 3.63) is 23.0 Å². The summed E-state index contributed by atoms with van der Waals surface area (Å²) in [5.74, 6) is -0.0798. The van der Waals surface area contributed by atoms with Crippen molar-refractivity contribution in [3.8, 4) is 0 Å². The van der Waals surface area contributed by atoms with Gasteiger partial charge in [-0.05, 0) is 31.4 Å². The first-order chi connectivity index (χ1) is 7.18. The van der Waals surface area contributed by atoms with Gasteiger partial charge in [-0.2, -0.15) is 0 Å². The third-order valence-electron chi connectivity index (χ3n) is 2.79. The molecule has 0 spiro atoms. The van der Waals surface area contributed by atoms with Crippen LogP contribution in [0.3, 0.4) is 0 Å². The minimum atomic E-state index is -0.0798. The zero-order valence-corrected chi connectivity index (χ0v) is 9.24. The Hall–Kier alpha value is -1.16. The molecule has 1 heterocycles. The van der Waals surface area contributed by atoms with Gasteiger partial charge in [0.05, 0.1) is 0 Å². The second-order valence-corrected chi connectivity index (χ2v) is 4.13. The van der Waals surface area contributed by atoms with Crippen LogP contribution in [0, 0.1) is 0 Å². The Kier molecular flexibility index (Phi) is 2.86.